The van der Waals surface area contributed by atoms with Gasteiger partial charge in [-0.15, -0.1) is 0 Å². The van der Waals surface area contributed by atoms with Gasteiger partial charge < -0.3 is 0 Å². The normalized spacial score (nSPS) is 26.4. The van der Waals surface area contributed by atoms with Crippen LogP contribution in [0.15, 0.2) is 24.5 Å². The third-order valence-corrected chi connectivity index (χ3v) is 2.83. The van der Waals surface area contributed by atoms with Crippen molar-refractivity contribution in [1.29, 1.82) is 0 Å². The zero-order valence-corrected chi connectivity index (χ0v) is 8.40. The molecule has 1 aromatic rings. The molecular weight excluding hydrogens is 158 g/mol. The van der Waals surface area contributed by atoms with E-state index < -0.39 is 0 Å². The molecule has 1 heterocycles. The van der Waals surface area contributed by atoms with Gasteiger partial charge in [-0.3, -0.25) is 4.98 Å². The summed E-state index contributed by atoms with van der Waals surface area (Å²) < 4.78 is 0. The van der Waals surface area contributed by atoms with Crippen molar-refractivity contribution >= 4 is 0 Å². The van der Waals surface area contributed by atoms with Crippen LogP contribution in [0.25, 0.3) is 0 Å². The maximum atomic E-state index is 4.04. The molecule has 0 N–H and O–H groups in total. The zero-order chi connectivity index (χ0) is 9.26. The Morgan fingerprint density at radius 2 is 2.08 bits per heavy atom. The van der Waals surface area contributed by atoms with E-state index in [4.69, 9.17) is 0 Å². The van der Waals surface area contributed by atoms with Gasteiger partial charge in [0.15, 0.2) is 0 Å². The highest BCUT2D eigenvalue weighted by molar-refractivity contribution is 5.22. The van der Waals surface area contributed by atoms with Crippen LogP contribution in [-0.2, 0) is 0 Å². The molecule has 1 aromatic heterocycles. The minimum atomic E-state index is 0.838. The van der Waals surface area contributed by atoms with Crippen LogP contribution < -0.4 is 0 Å². The molecule has 2 unspecified atom stereocenters. The summed E-state index contributed by atoms with van der Waals surface area (Å²) in [5.41, 5.74) is 1.49. The number of hydrogen-bond acceptors (Lipinski definition) is 1. The van der Waals surface area contributed by atoms with Crippen LogP contribution in [0, 0.1) is 11.8 Å². The van der Waals surface area contributed by atoms with E-state index in [-0.39, 0.29) is 0 Å². The zero-order valence-electron chi connectivity index (χ0n) is 8.40. The summed E-state index contributed by atoms with van der Waals surface area (Å²) in [5.74, 6) is 2.63. The first-order chi connectivity index (χ1) is 6.27. The van der Waals surface area contributed by atoms with E-state index >= 15 is 0 Å². The molecule has 0 aromatic carbocycles. The Morgan fingerprint density at radius 1 is 1.38 bits per heavy atom. The topological polar surface area (TPSA) is 12.9 Å². The van der Waals surface area contributed by atoms with Crippen molar-refractivity contribution in [1.82, 2.24) is 4.98 Å². The van der Waals surface area contributed by atoms with Crippen molar-refractivity contribution in [3.63, 3.8) is 0 Å². The molecule has 1 aliphatic rings. The summed E-state index contributed by atoms with van der Waals surface area (Å²) in [7, 11) is 0. The molecule has 1 fully saturated rings. The highest BCUT2D eigenvalue weighted by Gasteiger charge is 2.37. The van der Waals surface area contributed by atoms with Gasteiger partial charge in [-0.2, -0.15) is 0 Å². The Bertz CT molecular complexity index is 266. The van der Waals surface area contributed by atoms with E-state index in [1.54, 1.807) is 0 Å². The fourth-order valence-corrected chi connectivity index (χ4v) is 2.13. The molecule has 2 rings (SSSR count). The van der Waals surface area contributed by atoms with E-state index in [2.05, 4.69) is 31.0 Å². The first-order valence-corrected chi connectivity index (χ1v) is 5.17. The van der Waals surface area contributed by atoms with Gasteiger partial charge in [0.25, 0.3) is 0 Å². The Balaban J connectivity index is 1.93. The summed E-state index contributed by atoms with van der Waals surface area (Å²) in [6.45, 7) is 4.61. The van der Waals surface area contributed by atoms with Gasteiger partial charge >= 0.3 is 0 Å². The van der Waals surface area contributed by atoms with Crippen molar-refractivity contribution in [2.45, 2.75) is 32.6 Å². The van der Waals surface area contributed by atoms with Gasteiger partial charge in [-0.1, -0.05) is 13.8 Å². The third kappa shape index (κ3) is 2.09. The van der Waals surface area contributed by atoms with Gasteiger partial charge in [0.05, 0.1) is 0 Å². The van der Waals surface area contributed by atoms with Crippen molar-refractivity contribution in [3.8, 4) is 0 Å². The predicted octanol–water partition coefficient (Wildman–Crippen LogP) is 3.23. The van der Waals surface area contributed by atoms with E-state index in [0.29, 0.717) is 0 Å². The molecule has 1 nitrogen and oxygen atoms in total. The molecule has 0 amide bonds. The molecule has 0 spiro atoms. The predicted molar refractivity (Wildman–Crippen MR) is 54.5 cm³/mol. The lowest BCUT2D eigenvalue weighted by Crippen LogP contribution is -1.90. The Hall–Kier alpha value is -0.850. The number of aromatic nitrogens is 1. The van der Waals surface area contributed by atoms with Crippen LogP contribution in [0.1, 0.15) is 38.2 Å². The van der Waals surface area contributed by atoms with Gasteiger partial charge in [0.1, 0.15) is 0 Å². The van der Waals surface area contributed by atoms with Crippen molar-refractivity contribution in [3.05, 3.63) is 30.1 Å². The van der Waals surface area contributed by atoms with Crippen LogP contribution >= 0.6 is 0 Å². The highest BCUT2D eigenvalue weighted by Crippen LogP contribution is 2.50. The van der Waals surface area contributed by atoms with Crippen LogP contribution in [0.5, 0.6) is 0 Å². The van der Waals surface area contributed by atoms with Gasteiger partial charge in [0, 0.05) is 12.4 Å². The second kappa shape index (κ2) is 3.49. The summed E-state index contributed by atoms with van der Waals surface area (Å²) in [6.07, 6.45) is 6.58. The third-order valence-electron chi connectivity index (χ3n) is 2.83. The number of pyridine rings is 1. The molecule has 0 radical (unpaired) electrons. The Kier molecular flexibility index (Phi) is 2.34. The minimum Gasteiger partial charge on any atom is -0.265 e. The molecule has 0 aliphatic heterocycles. The SMILES string of the molecule is CC(C)CC1CC1c1ccncc1. The standard InChI is InChI=1S/C12H17N/c1-9(2)7-11-8-12(11)10-3-5-13-6-4-10/h3-6,9,11-12H,7-8H2,1-2H3. The highest BCUT2D eigenvalue weighted by atomic mass is 14.6. The van der Waals surface area contributed by atoms with Crippen molar-refractivity contribution < 1.29 is 0 Å². The molecule has 1 aliphatic carbocycles. The minimum absolute atomic E-state index is 0.838. The molecule has 0 bridgehead atoms. The molecule has 0 saturated heterocycles. The van der Waals surface area contributed by atoms with Gasteiger partial charge in [-0.05, 0) is 48.3 Å². The number of rotatable bonds is 3. The van der Waals surface area contributed by atoms with Crippen LogP contribution in [0.2, 0.25) is 0 Å². The fourth-order valence-electron chi connectivity index (χ4n) is 2.13. The van der Waals surface area contributed by atoms with Crippen LogP contribution in [0.3, 0.4) is 0 Å². The van der Waals surface area contributed by atoms with E-state index in [1.165, 1.54) is 18.4 Å². The summed E-state index contributed by atoms with van der Waals surface area (Å²) in [4.78, 5) is 4.04. The monoisotopic (exact) mass is 175 g/mol. The number of nitrogens with zero attached hydrogens (tertiary/aromatic N) is 1. The molecule has 13 heavy (non-hydrogen) atoms. The fraction of sp³-hybridized carbons (Fsp3) is 0.583. The second-order valence-corrected chi connectivity index (χ2v) is 4.51. The Morgan fingerprint density at radius 3 is 2.69 bits per heavy atom. The van der Waals surface area contributed by atoms with Gasteiger partial charge in [0.2, 0.25) is 0 Å². The average molecular weight is 175 g/mol. The first kappa shape index (κ1) is 8.74. The van der Waals surface area contributed by atoms with Crippen LogP contribution in [-0.4, -0.2) is 4.98 Å². The summed E-state index contributed by atoms with van der Waals surface area (Å²) in [5, 5.41) is 0. The van der Waals surface area contributed by atoms with E-state index in [1.807, 2.05) is 12.4 Å². The average Bonchev–Trinajstić information content (AvgIpc) is 2.84. The summed E-state index contributed by atoms with van der Waals surface area (Å²) >= 11 is 0. The first-order valence-electron chi connectivity index (χ1n) is 5.17. The Labute approximate surface area is 80.2 Å². The summed E-state index contributed by atoms with van der Waals surface area (Å²) in [6, 6.07) is 4.32. The lowest BCUT2D eigenvalue weighted by molar-refractivity contribution is 0.532. The van der Waals surface area contributed by atoms with Crippen molar-refractivity contribution in [2.75, 3.05) is 0 Å². The largest absolute Gasteiger partial charge is 0.265 e. The van der Waals surface area contributed by atoms with Crippen molar-refractivity contribution in [2.24, 2.45) is 11.8 Å². The number of hydrogen-bond donors (Lipinski definition) is 0. The molecule has 2 atom stereocenters. The van der Waals surface area contributed by atoms with Crippen LogP contribution in [0.4, 0.5) is 0 Å². The van der Waals surface area contributed by atoms with E-state index in [0.717, 1.165) is 17.8 Å². The second-order valence-electron chi connectivity index (χ2n) is 4.51. The van der Waals surface area contributed by atoms with Gasteiger partial charge in [-0.25, -0.2) is 0 Å². The lowest BCUT2D eigenvalue weighted by Gasteiger charge is -2.03. The smallest absolute Gasteiger partial charge is 0.0270 e. The molecule has 1 heteroatoms. The van der Waals surface area contributed by atoms with E-state index in [9.17, 15) is 0 Å². The maximum Gasteiger partial charge on any atom is 0.0270 e. The molecular formula is C12H17N. The quantitative estimate of drug-likeness (QED) is 0.687. The lowest BCUT2D eigenvalue weighted by atomic mass is 10.0. The maximum absolute atomic E-state index is 4.04. The molecule has 70 valence electrons. The molecule has 1 saturated carbocycles.